The Hall–Kier alpha value is -1.55. The molecule has 0 radical (unpaired) electrons. The Morgan fingerprint density at radius 1 is 1.35 bits per heavy atom. The van der Waals surface area contributed by atoms with Gasteiger partial charge in [-0.25, -0.2) is 0 Å². The molecule has 0 aromatic heterocycles. The van der Waals surface area contributed by atoms with Crippen molar-refractivity contribution in [1.29, 1.82) is 0 Å². The van der Waals surface area contributed by atoms with E-state index in [9.17, 15) is 9.90 Å². The molecule has 1 aromatic carbocycles. The van der Waals surface area contributed by atoms with Gasteiger partial charge in [0.15, 0.2) is 0 Å². The zero-order valence-corrected chi connectivity index (χ0v) is 12.0. The monoisotopic (exact) mass is 275 g/mol. The van der Waals surface area contributed by atoms with E-state index < -0.39 is 6.10 Å². The average molecular weight is 275 g/mol. The summed E-state index contributed by atoms with van der Waals surface area (Å²) in [6.45, 7) is 4.15. The normalized spacial score (nSPS) is 27.9. The van der Waals surface area contributed by atoms with Gasteiger partial charge in [-0.05, 0) is 48.4 Å². The van der Waals surface area contributed by atoms with Crippen molar-refractivity contribution >= 4 is 11.6 Å². The molecule has 2 unspecified atom stereocenters. The second-order valence-corrected chi connectivity index (χ2v) is 6.50. The molecule has 1 aromatic rings. The summed E-state index contributed by atoms with van der Waals surface area (Å²) in [4.78, 5) is 11.3. The number of aliphatic hydroxyl groups excluding tert-OH is 1. The summed E-state index contributed by atoms with van der Waals surface area (Å²) >= 11 is 0. The molecule has 1 fully saturated rings. The van der Waals surface area contributed by atoms with Crippen molar-refractivity contribution in [2.45, 2.75) is 51.7 Å². The summed E-state index contributed by atoms with van der Waals surface area (Å²) in [6.07, 6.45) is 2.55. The molecule has 0 bridgehead atoms. The molecule has 1 amide bonds. The molecule has 0 saturated heterocycles. The van der Waals surface area contributed by atoms with Crippen LogP contribution in [-0.2, 0) is 11.2 Å². The first-order valence-electron chi connectivity index (χ1n) is 7.23. The van der Waals surface area contributed by atoms with Crippen LogP contribution in [0.1, 0.15) is 38.7 Å². The van der Waals surface area contributed by atoms with E-state index >= 15 is 0 Å². The lowest BCUT2D eigenvalue weighted by Crippen LogP contribution is -2.34. The Kier molecular flexibility index (Phi) is 3.21. The van der Waals surface area contributed by atoms with Gasteiger partial charge in [-0.3, -0.25) is 4.79 Å². The van der Waals surface area contributed by atoms with Gasteiger partial charge in [-0.1, -0.05) is 13.8 Å². The number of benzene rings is 1. The van der Waals surface area contributed by atoms with Crippen LogP contribution < -0.4 is 10.1 Å². The number of carbonyl (C=O) groups excluding carboxylic acids is 1. The van der Waals surface area contributed by atoms with Crippen molar-refractivity contribution in [1.82, 2.24) is 0 Å². The third-order valence-corrected chi connectivity index (χ3v) is 4.49. The van der Waals surface area contributed by atoms with Gasteiger partial charge >= 0.3 is 0 Å². The van der Waals surface area contributed by atoms with Crippen molar-refractivity contribution in [3.63, 3.8) is 0 Å². The molecule has 1 saturated carbocycles. The first-order chi connectivity index (χ1) is 9.45. The van der Waals surface area contributed by atoms with E-state index in [-0.39, 0.29) is 17.4 Å². The lowest BCUT2D eigenvalue weighted by atomic mass is 9.89. The molecule has 1 aliphatic carbocycles. The maximum Gasteiger partial charge on any atom is 0.224 e. The van der Waals surface area contributed by atoms with Crippen molar-refractivity contribution in [2.24, 2.45) is 5.41 Å². The maximum atomic E-state index is 11.3. The minimum atomic E-state index is -0.432. The van der Waals surface area contributed by atoms with Crippen LogP contribution in [0, 0.1) is 5.41 Å². The number of hydrogen-bond acceptors (Lipinski definition) is 3. The predicted molar refractivity (Wildman–Crippen MR) is 76.8 cm³/mol. The Labute approximate surface area is 119 Å². The number of anilines is 1. The number of hydrogen-bond donors (Lipinski definition) is 2. The van der Waals surface area contributed by atoms with E-state index in [0.29, 0.717) is 6.42 Å². The highest BCUT2D eigenvalue weighted by atomic mass is 16.5. The molecule has 0 spiro atoms. The van der Waals surface area contributed by atoms with Crippen LogP contribution in [0.4, 0.5) is 5.69 Å². The molecule has 4 nitrogen and oxygen atoms in total. The fourth-order valence-electron chi connectivity index (χ4n) is 3.05. The van der Waals surface area contributed by atoms with Crippen molar-refractivity contribution in [3.05, 3.63) is 23.8 Å². The highest BCUT2D eigenvalue weighted by molar-refractivity contribution is 5.93. The third-order valence-electron chi connectivity index (χ3n) is 4.49. The molecule has 108 valence electrons. The molecule has 4 heteroatoms. The zero-order valence-electron chi connectivity index (χ0n) is 12.0. The van der Waals surface area contributed by atoms with Crippen LogP contribution in [0.5, 0.6) is 5.75 Å². The minimum Gasteiger partial charge on any atom is -0.488 e. The van der Waals surface area contributed by atoms with Gasteiger partial charge in [0, 0.05) is 12.1 Å². The van der Waals surface area contributed by atoms with Gasteiger partial charge in [0.25, 0.3) is 0 Å². The molecule has 3 rings (SSSR count). The molecule has 20 heavy (non-hydrogen) atoms. The first-order valence-corrected chi connectivity index (χ1v) is 7.23. The number of aliphatic hydroxyl groups is 1. The Morgan fingerprint density at radius 2 is 2.15 bits per heavy atom. The molecule has 1 heterocycles. The largest absolute Gasteiger partial charge is 0.488 e. The second-order valence-electron chi connectivity index (χ2n) is 6.50. The first kappa shape index (κ1) is 13.4. The molecule has 1 aliphatic heterocycles. The Morgan fingerprint density at radius 3 is 2.85 bits per heavy atom. The van der Waals surface area contributed by atoms with Crippen molar-refractivity contribution in [2.75, 3.05) is 5.32 Å². The predicted octanol–water partition coefficient (Wildman–Crippen LogP) is 2.50. The van der Waals surface area contributed by atoms with Crippen LogP contribution in [0.3, 0.4) is 0 Å². The number of rotatable bonds is 2. The van der Waals surface area contributed by atoms with E-state index in [0.717, 1.165) is 36.3 Å². The molecule has 2 N–H and O–H groups in total. The lowest BCUT2D eigenvalue weighted by Gasteiger charge is -2.26. The number of carbonyl (C=O) groups is 1. The number of nitrogens with one attached hydrogen (secondary N) is 1. The fraction of sp³-hybridized carbons (Fsp3) is 0.562. The average Bonchev–Trinajstić information content (AvgIpc) is 2.66. The van der Waals surface area contributed by atoms with Crippen LogP contribution >= 0.6 is 0 Å². The van der Waals surface area contributed by atoms with E-state index in [2.05, 4.69) is 19.2 Å². The van der Waals surface area contributed by atoms with E-state index in [1.807, 2.05) is 18.2 Å². The summed E-state index contributed by atoms with van der Waals surface area (Å²) in [7, 11) is 0. The summed E-state index contributed by atoms with van der Waals surface area (Å²) in [5.41, 5.74) is 1.90. The highest BCUT2D eigenvalue weighted by Crippen LogP contribution is 2.39. The lowest BCUT2D eigenvalue weighted by molar-refractivity contribution is -0.116. The topological polar surface area (TPSA) is 58.6 Å². The number of amides is 1. The van der Waals surface area contributed by atoms with E-state index in [1.54, 1.807) is 0 Å². The van der Waals surface area contributed by atoms with Crippen LogP contribution in [0.2, 0.25) is 0 Å². The van der Waals surface area contributed by atoms with Gasteiger partial charge in [-0.15, -0.1) is 0 Å². The van der Waals surface area contributed by atoms with E-state index in [1.165, 1.54) is 0 Å². The minimum absolute atomic E-state index is 0.0686. The van der Waals surface area contributed by atoms with Crippen molar-refractivity contribution in [3.8, 4) is 5.75 Å². The van der Waals surface area contributed by atoms with Gasteiger partial charge < -0.3 is 15.2 Å². The maximum absolute atomic E-state index is 11.3. The number of ether oxygens (including phenoxy) is 1. The standard InChI is InChI=1S/C16H21NO3/c1-16(2)8-7-13(15(16)19)20-11-4-5-12-10(9-11)3-6-14(18)17-12/h4-5,9,13,15,19H,3,6-8H2,1-2H3,(H,17,18). The van der Waals surface area contributed by atoms with Gasteiger partial charge in [0.1, 0.15) is 11.9 Å². The number of aryl methyl sites for hydroxylation is 1. The SMILES string of the molecule is CC1(C)CCC(Oc2ccc3c(c2)CCC(=O)N3)C1O. The Bertz CT molecular complexity index is 539. The van der Waals surface area contributed by atoms with Crippen LogP contribution in [0.15, 0.2) is 18.2 Å². The van der Waals surface area contributed by atoms with E-state index in [4.69, 9.17) is 4.74 Å². The van der Waals surface area contributed by atoms with Gasteiger partial charge in [0.2, 0.25) is 5.91 Å². The van der Waals surface area contributed by atoms with Crippen molar-refractivity contribution < 1.29 is 14.6 Å². The molecule has 2 aliphatic rings. The Balaban J connectivity index is 1.75. The summed E-state index contributed by atoms with van der Waals surface area (Å²) in [6, 6.07) is 5.73. The quantitative estimate of drug-likeness (QED) is 0.872. The zero-order chi connectivity index (χ0) is 14.3. The fourth-order valence-corrected chi connectivity index (χ4v) is 3.05. The third kappa shape index (κ3) is 2.40. The highest BCUT2D eigenvalue weighted by Gasteiger charge is 2.42. The molecular formula is C16H21NO3. The molecular weight excluding hydrogens is 254 g/mol. The van der Waals surface area contributed by atoms with Crippen LogP contribution in [-0.4, -0.2) is 23.2 Å². The van der Waals surface area contributed by atoms with Gasteiger partial charge in [-0.2, -0.15) is 0 Å². The van der Waals surface area contributed by atoms with Gasteiger partial charge in [0.05, 0.1) is 6.10 Å². The summed E-state index contributed by atoms with van der Waals surface area (Å²) < 4.78 is 5.95. The van der Waals surface area contributed by atoms with Crippen LogP contribution in [0.25, 0.3) is 0 Å². The summed E-state index contributed by atoms with van der Waals surface area (Å²) in [5.74, 6) is 0.848. The molecule has 2 atom stereocenters. The smallest absolute Gasteiger partial charge is 0.224 e. The second kappa shape index (κ2) is 4.77. The number of fused-ring (bicyclic) bond motifs is 1. The summed E-state index contributed by atoms with van der Waals surface area (Å²) in [5, 5.41) is 13.1.